The van der Waals surface area contributed by atoms with Crippen LogP contribution in [0.2, 0.25) is 0 Å². The topological polar surface area (TPSA) is 162 Å². The summed E-state index contributed by atoms with van der Waals surface area (Å²) in [5, 5.41) is 6.67. The second-order valence-electron chi connectivity index (χ2n) is 7.37. The standard InChI is InChI=1S/C20H28N6O2/c1-20(2,26-17-7-5-13(19(24)28)11-15(17)22)8-3-9-25-16-6-4-12(18(23)27)10-14(16)21/h4-7,10-11,25-26H,3,8-9,21-22H2,1-2H3,(H2,23,27)(H2,24,28). The van der Waals surface area contributed by atoms with Gasteiger partial charge in [0.15, 0.2) is 0 Å². The summed E-state index contributed by atoms with van der Waals surface area (Å²) in [5.74, 6) is -1.01. The number of nitrogens with one attached hydrogen (secondary N) is 2. The first-order valence-electron chi connectivity index (χ1n) is 9.00. The monoisotopic (exact) mass is 384 g/mol. The van der Waals surface area contributed by atoms with Crippen molar-refractivity contribution in [1.29, 1.82) is 0 Å². The minimum Gasteiger partial charge on any atom is -0.397 e. The highest BCUT2D eigenvalue weighted by Crippen LogP contribution is 2.26. The minimum atomic E-state index is -0.508. The van der Waals surface area contributed by atoms with E-state index >= 15 is 0 Å². The Labute approximate surface area is 164 Å². The summed E-state index contributed by atoms with van der Waals surface area (Å²) in [4.78, 5) is 22.4. The normalized spacial score (nSPS) is 11.1. The number of benzene rings is 2. The quantitative estimate of drug-likeness (QED) is 0.286. The lowest BCUT2D eigenvalue weighted by molar-refractivity contribution is 0.0992. The zero-order valence-corrected chi connectivity index (χ0v) is 16.2. The van der Waals surface area contributed by atoms with E-state index in [2.05, 4.69) is 24.5 Å². The average Bonchev–Trinajstić information content (AvgIpc) is 2.61. The molecule has 10 N–H and O–H groups in total. The average molecular weight is 384 g/mol. The number of nitrogen functional groups attached to an aromatic ring is 2. The summed E-state index contributed by atoms with van der Waals surface area (Å²) < 4.78 is 0. The Morgan fingerprint density at radius 2 is 1.39 bits per heavy atom. The van der Waals surface area contributed by atoms with Crippen molar-refractivity contribution in [3.8, 4) is 0 Å². The summed E-state index contributed by atoms with van der Waals surface area (Å²) in [6, 6.07) is 9.94. The molecule has 2 aromatic rings. The lowest BCUT2D eigenvalue weighted by Crippen LogP contribution is -2.31. The van der Waals surface area contributed by atoms with E-state index in [1.807, 2.05) is 0 Å². The van der Waals surface area contributed by atoms with Crippen LogP contribution in [0, 0.1) is 0 Å². The molecule has 0 spiro atoms. The highest BCUT2D eigenvalue weighted by molar-refractivity contribution is 5.95. The Kier molecular flexibility index (Phi) is 6.35. The van der Waals surface area contributed by atoms with Gasteiger partial charge in [0.25, 0.3) is 0 Å². The van der Waals surface area contributed by atoms with E-state index in [0.29, 0.717) is 29.0 Å². The molecule has 0 aliphatic heterocycles. The molecule has 8 nitrogen and oxygen atoms in total. The fourth-order valence-corrected chi connectivity index (χ4v) is 2.89. The van der Waals surface area contributed by atoms with E-state index < -0.39 is 11.8 Å². The van der Waals surface area contributed by atoms with Crippen molar-refractivity contribution >= 4 is 34.6 Å². The maximum Gasteiger partial charge on any atom is 0.248 e. The molecule has 0 saturated carbocycles. The molecule has 2 amide bonds. The molecule has 0 atom stereocenters. The van der Waals surface area contributed by atoms with Gasteiger partial charge in [-0.05, 0) is 63.1 Å². The number of nitrogens with two attached hydrogens (primary N) is 4. The fraction of sp³-hybridized carbons (Fsp3) is 0.300. The number of amides is 2. The maximum absolute atomic E-state index is 11.2. The van der Waals surface area contributed by atoms with Crippen LogP contribution < -0.4 is 33.6 Å². The van der Waals surface area contributed by atoms with E-state index in [4.69, 9.17) is 22.9 Å². The van der Waals surface area contributed by atoms with E-state index in [-0.39, 0.29) is 5.54 Å². The van der Waals surface area contributed by atoms with Gasteiger partial charge in [0.2, 0.25) is 11.8 Å². The number of carbonyl (C=O) groups excluding carboxylic acids is 2. The van der Waals surface area contributed by atoms with Crippen LogP contribution in [0.5, 0.6) is 0 Å². The van der Waals surface area contributed by atoms with E-state index in [0.717, 1.165) is 24.2 Å². The van der Waals surface area contributed by atoms with Crippen molar-refractivity contribution < 1.29 is 9.59 Å². The molecule has 0 radical (unpaired) electrons. The molecule has 0 saturated heterocycles. The molecule has 150 valence electrons. The number of rotatable bonds is 9. The summed E-state index contributed by atoms with van der Waals surface area (Å²) in [6.45, 7) is 4.86. The Balaban J connectivity index is 1.88. The van der Waals surface area contributed by atoms with Crippen molar-refractivity contribution in [2.45, 2.75) is 32.2 Å². The molecule has 8 heteroatoms. The van der Waals surface area contributed by atoms with Crippen LogP contribution in [0.4, 0.5) is 22.7 Å². The number of primary amides is 2. The molecule has 0 heterocycles. The maximum atomic E-state index is 11.2. The number of carbonyl (C=O) groups is 2. The highest BCUT2D eigenvalue weighted by atomic mass is 16.1. The van der Waals surface area contributed by atoms with Gasteiger partial charge < -0.3 is 33.6 Å². The first-order chi connectivity index (χ1) is 13.1. The van der Waals surface area contributed by atoms with Crippen LogP contribution >= 0.6 is 0 Å². The molecule has 0 fully saturated rings. The molecule has 2 rings (SSSR count). The second-order valence-corrected chi connectivity index (χ2v) is 7.37. The number of hydrogen-bond acceptors (Lipinski definition) is 6. The van der Waals surface area contributed by atoms with Crippen LogP contribution in [0.25, 0.3) is 0 Å². The van der Waals surface area contributed by atoms with Crippen molar-refractivity contribution in [3.63, 3.8) is 0 Å². The number of anilines is 4. The van der Waals surface area contributed by atoms with E-state index in [1.165, 1.54) is 0 Å². The molecular formula is C20H28N6O2. The van der Waals surface area contributed by atoms with Gasteiger partial charge in [-0.15, -0.1) is 0 Å². The predicted octanol–water partition coefficient (Wildman–Crippen LogP) is 2.13. The highest BCUT2D eigenvalue weighted by Gasteiger charge is 2.18. The Morgan fingerprint density at radius 3 is 1.86 bits per heavy atom. The predicted molar refractivity (Wildman–Crippen MR) is 114 cm³/mol. The summed E-state index contributed by atoms with van der Waals surface area (Å²) in [6.07, 6.45) is 1.73. The lowest BCUT2D eigenvalue weighted by atomic mass is 9.97. The van der Waals surface area contributed by atoms with Crippen LogP contribution in [0.3, 0.4) is 0 Å². The largest absolute Gasteiger partial charge is 0.397 e. The molecule has 0 aromatic heterocycles. The molecular weight excluding hydrogens is 356 g/mol. The number of hydrogen-bond donors (Lipinski definition) is 6. The van der Waals surface area contributed by atoms with Crippen molar-refractivity contribution in [1.82, 2.24) is 0 Å². The summed E-state index contributed by atoms with van der Waals surface area (Å²) in [5.41, 5.74) is 25.5. The molecule has 0 aliphatic rings. The van der Waals surface area contributed by atoms with E-state index in [1.54, 1.807) is 36.4 Å². The first kappa shape index (κ1) is 20.9. The Morgan fingerprint density at radius 1 is 0.893 bits per heavy atom. The molecule has 0 unspecified atom stereocenters. The van der Waals surface area contributed by atoms with Gasteiger partial charge in [-0.1, -0.05) is 0 Å². The second kappa shape index (κ2) is 8.51. The summed E-state index contributed by atoms with van der Waals surface area (Å²) in [7, 11) is 0. The molecule has 28 heavy (non-hydrogen) atoms. The van der Waals surface area contributed by atoms with Gasteiger partial charge >= 0.3 is 0 Å². The zero-order chi connectivity index (χ0) is 20.9. The third-order valence-electron chi connectivity index (χ3n) is 4.44. The van der Waals surface area contributed by atoms with Gasteiger partial charge in [-0.3, -0.25) is 9.59 Å². The van der Waals surface area contributed by atoms with Gasteiger partial charge in [0, 0.05) is 23.2 Å². The van der Waals surface area contributed by atoms with Gasteiger partial charge in [-0.2, -0.15) is 0 Å². The lowest BCUT2D eigenvalue weighted by Gasteiger charge is -2.28. The SMILES string of the molecule is CC(C)(CCCNc1ccc(C(N)=O)cc1N)Nc1ccc(C(N)=O)cc1N. The van der Waals surface area contributed by atoms with Gasteiger partial charge in [0.05, 0.1) is 22.7 Å². The minimum absolute atomic E-state index is 0.217. The molecule has 0 bridgehead atoms. The van der Waals surface area contributed by atoms with Crippen LogP contribution in [0.15, 0.2) is 36.4 Å². The Bertz CT molecular complexity index is 879. The Hall–Kier alpha value is -3.42. The van der Waals surface area contributed by atoms with Crippen LogP contribution in [0.1, 0.15) is 47.4 Å². The van der Waals surface area contributed by atoms with E-state index in [9.17, 15) is 9.59 Å². The van der Waals surface area contributed by atoms with Gasteiger partial charge in [-0.25, -0.2) is 0 Å². The first-order valence-corrected chi connectivity index (χ1v) is 9.00. The third-order valence-corrected chi connectivity index (χ3v) is 4.44. The fourth-order valence-electron chi connectivity index (χ4n) is 2.89. The van der Waals surface area contributed by atoms with Crippen molar-refractivity contribution in [2.24, 2.45) is 11.5 Å². The smallest absolute Gasteiger partial charge is 0.248 e. The van der Waals surface area contributed by atoms with Crippen LogP contribution in [-0.4, -0.2) is 23.9 Å². The third kappa shape index (κ3) is 5.54. The molecule has 0 aliphatic carbocycles. The van der Waals surface area contributed by atoms with Crippen LogP contribution in [-0.2, 0) is 0 Å². The molecule has 2 aromatic carbocycles. The van der Waals surface area contributed by atoms with Crippen molar-refractivity contribution in [3.05, 3.63) is 47.5 Å². The summed E-state index contributed by atoms with van der Waals surface area (Å²) >= 11 is 0. The zero-order valence-electron chi connectivity index (χ0n) is 16.2. The van der Waals surface area contributed by atoms with Gasteiger partial charge in [0.1, 0.15) is 0 Å². The van der Waals surface area contributed by atoms with Crippen molar-refractivity contribution in [2.75, 3.05) is 28.6 Å².